The lowest BCUT2D eigenvalue weighted by Crippen LogP contribution is -2.41. The molecule has 0 saturated carbocycles. The summed E-state index contributed by atoms with van der Waals surface area (Å²) in [6.45, 7) is 0. The van der Waals surface area contributed by atoms with Crippen LogP contribution in [0.25, 0.3) is 5.69 Å². The summed E-state index contributed by atoms with van der Waals surface area (Å²) in [5.41, 5.74) is 5.50. The maximum atomic E-state index is 13.5. The van der Waals surface area contributed by atoms with Crippen molar-refractivity contribution in [1.82, 2.24) is 20.4 Å². The number of imidazole rings is 1. The van der Waals surface area contributed by atoms with Gasteiger partial charge in [0, 0.05) is 23.6 Å². The molecule has 0 aliphatic heterocycles. The quantitative estimate of drug-likeness (QED) is 0.724. The van der Waals surface area contributed by atoms with E-state index in [1.807, 2.05) is 0 Å². The fourth-order valence-corrected chi connectivity index (χ4v) is 2.10. The second kappa shape index (κ2) is 6.74. The van der Waals surface area contributed by atoms with Crippen LogP contribution in [0.1, 0.15) is 20.7 Å². The number of nitrogens with one attached hydrogen (secondary N) is 2. The molecular weight excluding hydrogens is 311 g/mol. The van der Waals surface area contributed by atoms with Crippen LogP contribution in [0.3, 0.4) is 0 Å². The van der Waals surface area contributed by atoms with E-state index in [2.05, 4.69) is 15.8 Å². The maximum Gasteiger partial charge on any atom is 0.272 e. The van der Waals surface area contributed by atoms with Gasteiger partial charge in [0.2, 0.25) is 0 Å². The van der Waals surface area contributed by atoms with Crippen LogP contribution in [0, 0.1) is 5.82 Å². The molecule has 2 N–H and O–H groups in total. The Morgan fingerprint density at radius 1 is 0.958 bits per heavy atom. The predicted octanol–water partition coefficient (Wildman–Crippen LogP) is 2.09. The Morgan fingerprint density at radius 2 is 1.67 bits per heavy atom. The van der Waals surface area contributed by atoms with E-state index in [1.54, 1.807) is 47.6 Å². The van der Waals surface area contributed by atoms with Crippen LogP contribution in [0.4, 0.5) is 4.39 Å². The standard InChI is InChI=1S/C17H13FN4O2/c18-15-4-2-1-3-14(15)17(24)21-20-16(23)12-5-7-13(8-6-12)22-10-9-19-11-22/h1-11H,(H,20,23)(H,21,24). The normalized spacial score (nSPS) is 10.2. The number of nitrogens with zero attached hydrogens (tertiary/aromatic N) is 2. The molecule has 0 unspecified atom stereocenters. The van der Waals surface area contributed by atoms with E-state index >= 15 is 0 Å². The van der Waals surface area contributed by atoms with Crippen molar-refractivity contribution in [2.45, 2.75) is 0 Å². The predicted molar refractivity (Wildman–Crippen MR) is 84.9 cm³/mol. The molecule has 0 spiro atoms. The molecule has 1 heterocycles. The molecule has 0 aliphatic carbocycles. The molecule has 3 rings (SSSR count). The molecule has 24 heavy (non-hydrogen) atoms. The van der Waals surface area contributed by atoms with E-state index in [4.69, 9.17) is 0 Å². The van der Waals surface area contributed by atoms with E-state index in [0.29, 0.717) is 5.56 Å². The number of amides is 2. The van der Waals surface area contributed by atoms with Gasteiger partial charge in [-0.05, 0) is 36.4 Å². The number of halogens is 1. The summed E-state index contributed by atoms with van der Waals surface area (Å²) in [6, 6.07) is 12.2. The number of carbonyl (C=O) groups excluding carboxylic acids is 2. The number of hydrogen-bond acceptors (Lipinski definition) is 3. The smallest absolute Gasteiger partial charge is 0.272 e. The first-order valence-electron chi connectivity index (χ1n) is 7.09. The minimum Gasteiger partial charge on any atom is -0.306 e. The first-order chi connectivity index (χ1) is 11.6. The van der Waals surface area contributed by atoms with Crippen LogP contribution in [-0.4, -0.2) is 21.4 Å². The Kier molecular flexibility index (Phi) is 4.33. The number of carbonyl (C=O) groups is 2. The van der Waals surface area contributed by atoms with Crippen LogP contribution >= 0.6 is 0 Å². The number of hydrogen-bond donors (Lipinski definition) is 2. The third kappa shape index (κ3) is 3.30. The summed E-state index contributed by atoms with van der Waals surface area (Å²) in [4.78, 5) is 27.8. The van der Waals surface area contributed by atoms with Gasteiger partial charge in [-0.25, -0.2) is 9.37 Å². The van der Waals surface area contributed by atoms with Gasteiger partial charge in [-0.15, -0.1) is 0 Å². The summed E-state index contributed by atoms with van der Waals surface area (Å²) >= 11 is 0. The fourth-order valence-electron chi connectivity index (χ4n) is 2.10. The molecule has 120 valence electrons. The lowest BCUT2D eigenvalue weighted by Gasteiger charge is -2.08. The van der Waals surface area contributed by atoms with E-state index in [9.17, 15) is 14.0 Å². The number of hydrazine groups is 1. The minimum absolute atomic E-state index is 0.145. The maximum absolute atomic E-state index is 13.5. The molecule has 7 heteroatoms. The number of aromatic nitrogens is 2. The highest BCUT2D eigenvalue weighted by atomic mass is 19.1. The molecule has 0 aliphatic rings. The van der Waals surface area contributed by atoms with Gasteiger partial charge in [-0.2, -0.15) is 0 Å². The van der Waals surface area contributed by atoms with Crippen molar-refractivity contribution < 1.29 is 14.0 Å². The fraction of sp³-hybridized carbons (Fsp3) is 0. The van der Waals surface area contributed by atoms with Crippen molar-refractivity contribution >= 4 is 11.8 Å². The monoisotopic (exact) mass is 324 g/mol. The van der Waals surface area contributed by atoms with Crippen molar-refractivity contribution in [3.8, 4) is 5.69 Å². The number of benzene rings is 2. The van der Waals surface area contributed by atoms with Gasteiger partial charge in [-0.1, -0.05) is 12.1 Å². The van der Waals surface area contributed by atoms with Crippen LogP contribution in [-0.2, 0) is 0 Å². The Balaban J connectivity index is 1.63. The topological polar surface area (TPSA) is 76.0 Å². The highest BCUT2D eigenvalue weighted by Gasteiger charge is 2.12. The Hall–Kier alpha value is -3.48. The lowest BCUT2D eigenvalue weighted by atomic mass is 10.2. The van der Waals surface area contributed by atoms with Crippen LogP contribution < -0.4 is 10.9 Å². The first-order valence-corrected chi connectivity index (χ1v) is 7.09. The zero-order valence-electron chi connectivity index (χ0n) is 12.4. The van der Waals surface area contributed by atoms with Gasteiger partial charge in [0.25, 0.3) is 11.8 Å². The van der Waals surface area contributed by atoms with Crippen molar-refractivity contribution in [3.63, 3.8) is 0 Å². The molecule has 0 fully saturated rings. The Labute approximate surface area is 136 Å². The summed E-state index contributed by atoms with van der Waals surface area (Å²) in [7, 11) is 0. The van der Waals surface area contributed by atoms with Crippen molar-refractivity contribution in [1.29, 1.82) is 0 Å². The first kappa shape index (κ1) is 15.4. The van der Waals surface area contributed by atoms with Crippen LogP contribution in [0.2, 0.25) is 0 Å². The largest absolute Gasteiger partial charge is 0.306 e. The van der Waals surface area contributed by atoms with Gasteiger partial charge in [-0.3, -0.25) is 20.4 Å². The average molecular weight is 324 g/mol. The molecule has 0 bridgehead atoms. The summed E-state index contributed by atoms with van der Waals surface area (Å²) in [5, 5.41) is 0. The third-order valence-electron chi connectivity index (χ3n) is 3.34. The van der Waals surface area contributed by atoms with E-state index in [1.165, 1.54) is 24.3 Å². The van der Waals surface area contributed by atoms with Crippen LogP contribution in [0.5, 0.6) is 0 Å². The highest BCUT2D eigenvalue weighted by molar-refractivity contribution is 5.99. The van der Waals surface area contributed by atoms with Crippen molar-refractivity contribution in [2.24, 2.45) is 0 Å². The van der Waals surface area contributed by atoms with E-state index < -0.39 is 17.6 Å². The lowest BCUT2D eigenvalue weighted by molar-refractivity contribution is 0.0844. The summed E-state index contributed by atoms with van der Waals surface area (Å²) in [6.07, 6.45) is 5.08. The molecule has 2 amide bonds. The SMILES string of the molecule is O=C(NNC(=O)c1ccccc1F)c1ccc(-n2ccnc2)cc1. The highest BCUT2D eigenvalue weighted by Crippen LogP contribution is 2.09. The summed E-state index contributed by atoms with van der Waals surface area (Å²) in [5.74, 6) is -1.89. The molecule has 0 radical (unpaired) electrons. The van der Waals surface area contributed by atoms with Gasteiger partial charge in [0.15, 0.2) is 0 Å². The molecule has 2 aromatic carbocycles. The second-order valence-corrected chi connectivity index (χ2v) is 4.90. The molecular formula is C17H13FN4O2. The number of rotatable bonds is 3. The Bertz CT molecular complexity index is 861. The third-order valence-corrected chi connectivity index (χ3v) is 3.34. The average Bonchev–Trinajstić information content (AvgIpc) is 3.14. The van der Waals surface area contributed by atoms with E-state index in [0.717, 1.165) is 5.69 Å². The molecule has 3 aromatic rings. The molecule has 0 atom stereocenters. The molecule has 0 saturated heterocycles. The molecule has 6 nitrogen and oxygen atoms in total. The minimum atomic E-state index is -0.725. The Morgan fingerprint density at radius 3 is 2.33 bits per heavy atom. The van der Waals surface area contributed by atoms with Gasteiger partial charge < -0.3 is 4.57 Å². The van der Waals surface area contributed by atoms with Crippen LogP contribution in [0.15, 0.2) is 67.3 Å². The van der Waals surface area contributed by atoms with Crippen molar-refractivity contribution in [3.05, 3.63) is 84.2 Å². The summed E-state index contributed by atoms with van der Waals surface area (Å²) < 4.78 is 15.3. The van der Waals surface area contributed by atoms with E-state index in [-0.39, 0.29) is 5.56 Å². The zero-order valence-corrected chi connectivity index (χ0v) is 12.4. The second-order valence-electron chi connectivity index (χ2n) is 4.90. The van der Waals surface area contributed by atoms with Gasteiger partial charge in [0.1, 0.15) is 5.82 Å². The van der Waals surface area contributed by atoms with Crippen molar-refractivity contribution in [2.75, 3.05) is 0 Å². The van der Waals surface area contributed by atoms with Gasteiger partial charge in [0.05, 0.1) is 11.9 Å². The molecule has 1 aromatic heterocycles. The van der Waals surface area contributed by atoms with Gasteiger partial charge >= 0.3 is 0 Å². The zero-order chi connectivity index (χ0) is 16.9.